The Morgan fingerprint density at radius 2 is 2.05 bits per heavy atom. The molecule has 3 nitrogen and oxygen atoms in total. The lowest BCUT2D eigenvalue weighted by molar-refractivity contribution is -0.0707. The summed E-state index contributed by atoms with van der Waals surface area (Å²) in [6.45, 7) is 6.06. The minimum atomic E-state index is -0.249. The molecule has 0 amide bonds. The summed E-state index contributed by atoms with van der Waals surface area (Å²) in [7, 11) is 0. The van der Waals surface area contributed by atoms with Crippen LogP contribution in [0.15, 0.2) is 18.2 Å². The Balaban J connectivity index is 2.06. The molecule has 2 unspecified atom stereocenters. The van der Waals surface area contributed by atoms with E-state index in [2.05, 4.69) is 16.7 Å². The summed E-state index contributed by atoms with van der Waals surface area (Å²) in [6, 6.07) is 4.97. The first-order valence-corrected chi connectivity index (χ1v) is 6.84. The fraction of sp³-hybridized carbons (Fsp3) is 0.500. The van der Waals surface area contributed by atoms with Crippen molar-refractivity contribution in [1.29, 1.82) is 0 Å². The first kappa shape index (κ1) is 15.0. The van der Waals surface area contributed by atoms with E-state index in [1.165, 1.54) is 6.07 Å². The van der Waals surface area contributed by atoms with E-state index in [1.807, 2.05) is 13.8 Å². The first-order valence-electron chi connectivity index (χ1n) is 6.84. The molecule has 1 aromatic rings. The average molecular weight is 277 g/mol. The quantitative estimate of drug-likeness (QED) is 0.836. The van der Waals surface area contributed by atoms with E-state index >= 15 is 0 Å². The van der Waals surface area contributed by atoms with Gasteiger partial charge in [0.2, 0.25) is 0 Å². The summed E-state index contributed by atoms with van der Waals surface area (Å²) < 4.78 is 19.7. The van der Waals surface area contributed by atoms with Gasteiger partial charge < -0.3 is 9.84 Å². The minimum absolute atomic E-state index is 0.177. The maximum atomic E-state index is 14.0. The smallest absolute Gasteiger partial charge is 0.128 e. The van der Waals surface area contributed by atoms with Gasteiger partial charge in [0.25, 0.3) is 0 Å². The van der Waals surface area contributed by atoms with Crippen molar-refractivity contribution >= 4 is 0 Å². The number of hydrogen-bond donors (Lipinski definition) is 1. The lowest BCUT2D eigenvalue weighted by atomic mass is 10.1. The molecule has 1 aliphatic heterocycles. The van der Waals surface area contributed by atoms with Gasteiger partial charge in [-0.15, -0.1) is 0 Å². The average Bonchev–Trinajstić information content (AvgIpc) is 2.38. The van der Waals surface area contributed by atoms with Crippen molar-refractivity contribution in [3.63, 3.8) is 0 Å². The molecule has 0 spiro atoms. The number of hydrogen-bond acceptors (Lipinski definition) is 3. The molecule has 0 bridgehead atoms. The summed E-state index contributed by atoms with van der Waals surface area (Å²) in [5, 5.41) is 8.63. The lowest BCUT2D eigenvalue weighted by Gasteiger charge is -2.35. The van der Waals surface area contributed by atoms with E-state index < -0.39 is 0 Å². The predicted molar refractivity (Wildman–Crippen MR) is 75.6 cm³/mol. The van der Waals surface area contributed by atoms with Gasteiger partial charge >= 0.3 is 0 Å². The highest BCUT2D eigenvalue weighted by molar-refractivity contribution is 5.37. The van der Waals surface area contributed by atoms with Crippen LogP contribution in [0.4, 0.5) is 4.39 Å². The number of aliphatic hydroxyl groups excluding tert-OH is 1. The summed E-state index contributed by atoms with van der Waals surface area (Å²) in [5.74, 6) is 4.97. The minimum Gasteiger partial charge on any atom is -0.384 e. The van der Waals surface area contributed by atoms with Crippen molar-refractivity contribution < 1.29 is 14.2 Å². The van der Waals surface area contributed by atoms with Crippen molar-refractivity contribution in [3.05, 3.63) is 35.1 Å². The number of ether oxygens (including phenoxy) is 1. The van der Waals surface area contributed by atoms with E-state index in [-0.39, 0.29) is 24.6 Å². The van der Waals surface area contributed by atoms with E-state index in [4.69, 9.17) is 9.84 Å². The van der Waals surface area contributed by atoms with E-state index in [0.717, 1.165) is 13.1 Å². The molecular formula is C16H20FNO2. The molecule has 1 N–H and O–H groups in total. The maximum absolute atomic E-state index is 14.0. The van der Waals surface area contributed by atoms with Crippen LogP contribution in [0.2, 0.25) is 0 Å². The van der Waals surface area contributed by atoms with Crippen LogP contribution in [0.5, 0.6) is 0 Å². The lowest BCUT2D eigenvalue weighted by Crippen LogP contribution is -2.44. The molecule has 0 aromatic heterocycles. The summed E-state index contributed by atoms with van der Waals surface area (Å²) in [4.78, 5) is 2.20. The van der Waals surface area contributed by atoms with Crippen LogP contribution in [0, 0.1) is 17.7 Å². The van der Waals surface area contributed by atoms with Gasteiger partial charge in [0.05, 0.1) is 12.2 Å². The second-order valence-electron chi connectivity index (χ2n) is 5.22. The second-order valence-corrected chi connectivity index (χ2v) is 5.22. The summed E-state index contributed by atoms with van der Waals surface area (Å²) in [5.41, 5.74) is 1.25. The highest BCUT2D eigenvalue weighted by Crippen LogP contribution is 2.17. The molecule has 2 rings (SSSR count). The molecule has 1 fully saturated rings. The molecule has 20 heavy (non-hydrogen) atoms. The molecule has 4 heteroatoms. The Morgan fingerprint density at radius 1 is 1.35 bits per heavy atom. The van der Waals surface area contributed by atoms with Crippen molar-refractivity contribution in [3.8, 4) is 11.8 Å². The van der Waals surface area contributed by atoms with Gasteiger partial charge in [-0.25, -0.2) is 4.39 Å². The SMILES string of the molecule is CC1CN(Cc2ccc(C#CCO)cc2F)CC(C)O1. The van der Waals surface area contributed by atoms with Crippen LogP contribution in [-0.2, 0) is 11.3 Å². The number of benzene rings is 1. The molecule has 1 heterocycles. The Hall–Kier alpha value is -1.41. The van der Waals surface area contributed by atoms with Crippen LogP contribution in [0.25, 0.3) is 0 Å². The van der Waals surface area contributed by atoms with Crippen LogP contribution in [0.1, 0.15) is 25.0 Å². The van der Waals surface area contributed by atoms with E-state index in [0.29, 0.717) is 17.7 Å². The molecule has 1 saturated heterocycles. The van der Waals surface area contributed by atoms with Gasteiger partial charge in [-0.05, 0) is 26.0 Å². The highest BCUT2D eigenvalue weighted by atomic mass is 19.1. The Morgan fingerprint density at radius 3 is 2.65 bits per heavy atom. The van der Waals surface area contributed by atoms with Gasteiger partial charge in [-0.1, -0.05) is 17.9 Å². The Kier molecular flexibility index (Phi) is 5.13. The Labute approximate surface area is 119 Å². The summed E-state index contributed by atoms with van der Waals surface area (Å²) >= 11 is 0. The van der Waals surface area contributed by atoms with Gasteiger partial charge in [0.15, 0.2) is 0 Å². The number of halogens is 1. The van der Waals surface area contributed by atoms with Gasteiger partial charge in [-0.2, -0.15) is 0 Å². The van der Waals surface area contributed by atoms with E-state index in [1.54, 1.807) is 12.1 Å². The highest BCUT2D eigenvalue weighted by Gasteiger charge is 2.22. The first-order chi connectivity index (χ1) is 9.58. The zero-order chi connectivity index (χ0) is 14.5. The van der Waals surface area contributed by atoms with Crippen molar-refractivity contribution in [2.45, 2.75) is 32.6 Å². The molecule has 1 aromatic carbocycles. The molecule has 108 valence electrons. The zero-order valence-electron chi connectivity index (χ0n) is 11.9. The normalized spacial score (nSPS) is 23.2. The van der Waals surface area contributed by atoms with Crippen LogP contribution < -0.4 is 0 Å². The van der Waals surface area contributed by atoms with Gasteiger partial charge in [-0.3, -0.25) is 4.90 Å². The predicted octanol–water partition coefficient (Wildman–Crippen LogP) is 1.78. The van der Waals surface area contributed by atoms with Gasteiger partial charge in [0, 0.05) is 30.8 Å². The monoisotopic (exact) mass is 277 g/mol. The standard InChI is InChI=1S/C16H20FNO2/c1-12-9-18(10-13(2)20-12)11-15-6-5-14(4-3-7-19)8-16(15)17/h5-6,8,12-13,19H,7,9-11H2,1-2H3. The molecule has 0 aliphatic carbocycles. The Bertz CT molecular complexity index is 511. The number of rotatable bonds is 2. The third-order valence-corrected chi connectivity index (χ3v) is 3.25. The maximum Gasteiger partial charge on any atom is 0.128 e. The fourth-order valence-electron chi connectivity index (χ4n) is 2.55. The van der Waals surface area contributed by atoms with Crippen LogP contribution in [0.3, 0.4) is 0 Å². The van der Waals surface area contributed by atoms with Gasteiger partial charge in [0.1, 0.15) is 12.4 Å². The fourth-order valence-corrected chi connectivity index (χ4v) is 2.55. The largest absolute Gasteiger partial charge is 0.384 e. The molecule has 0 saturated carbocycles. The van der Waals surface area contributed by atoms with Crippen molar-refractivity contribution in [1.82, 2.24) is 4.90 Å². The molecular weight excluding hydrogens is 257 g/mol. The number of morpholine rings is 1. The van der Waals surface area contributed by atoms with Crippen LogP contribution >= 0.6 is 0 Å². The third kappa shape index (κ3) is 4.04. The third-order valence-electron chi connectivity index (χ3n) is 3.25. The van der Waals surface area contributed by atoms with Crippen molar-refractivity contribution in [2.24, 2.45) is 0 Å². The number of nitrogens with zero attached hydrogens (tertiary/aromatic N) is 1. The molecule has 0 radical (unpaired) electrons. The molecule has 1 aliphatic rings. The molecule has 2 atom stereocenters. The van der Waals surface area contributed by atoms with Crippen molar-refractivity contribution in [2.75, 3.05) is 19.7 Å². The zero-order valence-corrected chi connectivity index (χ0v) is 11.9. The second kappa shape index (κ2) is 6.85. The summed E-state index contributed by atoms with van der Waals surface area (Å²) in [6.07, 6.45) is 0.355. The van der Waals surface area contributed by atoms with Crippen LogP contribution in [-0.4, -0.2) is 41.9 Å². The van der Waals surface area contributed by atoms with E-state index in [9.17, 15) is 4.39 Å². The topological polar surface area (TPSA) is 32.7 Å². The number of aliphatic hydroxyl groups is 1.